The zero-order valence-corrected chi connectivity index (χ0v) is 39.0. The van der Waals surface area contributed by atoms with Crippen LogP contribution in [0.25, 0.3) is 54.1 Å². The van der Waals surface area contributed by atoms with Crippen molar-refractivity contribution in [1.29, 1.82) is 0 Å². The number of anilines is 6. The Morgan fingerprint density at radius 3 is 1.01 bits per heavy atom. The summed E-state index contributed by atoms with van der Waals surface area (Å²) in [6.07, 6.45) is 3.73. The summed E-state index contributed by atoms with van der Waals surface area (Å²) in [7, 11) is -7.55. The first kappa shape index (κ1) is 42.6. The van der Waals surface area contributed by atoms with Gasteiger partial charge in [0.05, 0.1) is 65.8 Å². The van der Waals surface area contributed by atoms with Gasteiger partial charge in [0.2, 0.25) is 19.7 Å². The van der Waals surface area contributed by atoms with Crippen LogP contribution < -0.4 is 9.80 Å². The van der Waals surface area contributed by atoms with Gasteiger partial charge in [-0.2, -0.15) is 0 Å². The molecule has 0 fully saturated rings. The van der Waals surface area contributed by atoms with Crippen LogP contribution >= 0.6 is 0 Å². The number of para-hydroxylation sites is 2. The predicted molar refractivity (Wildman–Crippen MR) is 283 cm³/mol. The highest BCUT2D eigenvalue weighted by Crippen LogP contribution is 2.48. The van der Waals surface area contributed by atoms with Crippen LogP contribution in [0, 0.1) is 0 Å². The molecule has 70 heavy (non-hydrogen) atoms. The minimum atomic E-state index is -3.78. The lowest BCUT2D eigenvalue weighted by Crippen LogP contribution is -2.13. The van der Waals surface area contributed by atoms with E-state index >= 15 is 0 Å². The first-order valence-corrected chi connectivity index (χ1v) is 25.7. The van der Waals surface area contributed by atoms with E-state index in [1.807, 2.05) is 109 Å². The van der Waals surface area contributed by atoms with E-state index in [2.05, 4.69) is 58.3 Å². The Labute approximate surface area is 404 Å². The predicted octanol–water partition coefficient (Wildman–Crippen LogP) is 14.8. The largest absolute Gasteiger partial charge is 0.308 e. The SMILES string of the molecule is O=S(=O)(c1ccccc1)c1ccc(N(c2cnc3ccccc3c2)c2cc3c4ccccc4c(N(c4ccc(S(=O)(=O)c5ccccc5)cc4)c4cnc5ccccc5c4)cc3c3ccccc23)cc1. The van der Waals surface area contributed by atoms with Crippen molar-refractivity contribution in [3.8, 4) is 0 Å². The minimum Gasteiger partial charge on any atom is -0.308 e. The van der Waals surface area contributed by atoms with Gasteiger partial charge in [-0.25, -0.2) is 16.8 Å². The van der Waals surface area contributed by atoms with Gasteiger partial charge in [-0.3, -0.25) is 9.97 Å². The zero-order chi connectivity index (χ0) is 47.4. The van der Waals surface area contributed by atoms with Gasteiger partial charge >= 0.3 is 0 Å². The number of nitrogens with zero attached hydrogens (tertiary/aromatic N) is 4. The maximum absolute atomic E-state index is 13.8. The monoisotopic (exact) mass is 944 g/mol. The molecule has 8 nitrogen and oxygen atoms in total. The Hall–Kier alpha value is -8.70. The summed E-state index contributed by atoms with van der Waals surface area (Å²) in [6.45, 7) is 0. The highest BCUT2D eigenvalue weighted by Gasteiger charge is 2.25. The summed E-state index contributed by atoms with van der Waals surface area (Å²) in [6, 6.07) is 72.4. The summed E-state index contributed by atoms with van der Waals surface area (Å²) in [5.41, 5.74) is 6.58. The van der Waals surface area contributed by atoms with Crippen molar-refractivity contribution in [2.75, 3.05) is 9.80 Å². The van der Waals surface area contributed by atoms with Crippen LogP contribution in [-0.4, -0.2) is 26.8 Å². The quantitative estimate of drug-likeness (QED) is 0.125. The molecule has 0 aliphatic rings. The Bertz CT molecular complexity index is 3940. The fraction of sp³-hybridized carbons (Fsp3) is 0. The number of hydrogen-bond donors (Lipinski definition) is 0. The van der Waals surface area contributed by atoms with Crippen LogP contribution in [-0.2, 0) is 19.7 Å². The van der Waals surface area contributed by atoms with Crippen LogP contribution in [0.15, 0.2) is 262 Å². The highest BCUT2D eigenvalue weighted by molar-refractivity contribution is 7.91. The van der Waals surface area contributed by atoms with Gasteiger partial charge in [0.25, 0.3) is 0 Å². The average Bonchev–Trinajstić information content (AvgIpc) is 3.42. The topological polar surface area (TPSA) is 101 Å². The Morgan fingerprint density at radius 1 is 0.286 bits per heavy atom. The molecule has 0 amide bonds. The first-order chi connectivity index (χ1) is 34.2. The molecule has 12 aromatic rings. The van der Waals surface area contributed by atoms with Crippen molar-refractivity contribution in [3.05, 3.63) is 243 Å². The number of hydrogen-bond acceptors (Lipinski definition) is 8. The van der Waals surface area contributed by atoms with E-state index in [0.29, 0.717) is 0 Å². The summed E-state index contributed by atoms with van der Waals surface area (Å²) >= 11 is 0. The van der Waals surface area contributed by atoms with E-state index in [1.165, 1.54) is 0 Å². The smallest absolute Gasteiger partial charge is 0.206 e. The molecule has 2 heterocycles. The molecule has 0 saturated carbocycles. The molecule has 0 saturated heterocycles. The number of pyridine rings is 2. The Balaban J connectivity index is 1.08. The first-order valence-electron chi connectivity index (χ1n) is 22.7. The third-order valence-electron chi connectivity index (χ3n) is 12.9. The third kappa shape index (κ3) is 7.38. The molecule has 10 heteroatoms. The van der Waals surface area contributed by atoms with E-state index in [4.69, 9.17) is 9.97 Å². The number of benzene rings is 10. The van der Waals surface area contributed by atoms with Crippen molar-refractivity contribution in [2.24, 2.45) is 0 Å². The lowest BCUT2D eigenvalue weighted by atomic mass is 9.93. The molecule has 0 unspecified atom stereocenters. The lowest BCUT2D eigenvalue weighted by molar-refractivity contribution is 0.594. The van der Waals surface area contributed by atoms with Gasteiger partial charge in [0.1, 0.15) is 0 Å². The van der Waals surface area contributed by atoms with Gasteiger partial charge in [0, 0.05) is 32.9 Å². The van der Waals surface area contributed by atoms with E-state index in [0.717, 1.165) is 88.2 Å². The summed E-state index contributed by atoms with van der Waals surface area (Å²) in [5, 5.41) is 7.81. The van der Waals surface area contributed by atoms with Crippen LogP contribution in [0.2, 0.25) is 0 Å². The van der Waals surface area contributed by atoms with Crippen LogP contribution in [0.3, 0.4) is 0 Å². The maximum Gasteiger partial charge on any atom is 0.206 e. The summed E-state index contributed by atoms with van der Waals surface area (Å²) in [5.74, 6) is 0. The van der Waals surface area contributed by atoms with Gasteiger partial charge in [-0.05, 0) is 131 Å². The van der Waals surface area contributed by atoms with E-state index < -0.39 is 19.7 Å². The fourth-order valence-electron chi connectivity index (χ4n) is 9.52. The summed E-state index contributed by atoms with van der Waals surface area (Å²) in [4.78, 5) is 15.0. The zero-order valence-electron chi connectivity index (χ0n) is 37.3. The van der Waals surface area contributed by atoms with Crippen molar-refractivity contribution in [1.82, 2.24) is 9.97 Å². The molecule has 0 atom stereocenters. The molecule has 0 radical (unpaired) electrons. The van der Waals surface area contributed by atoms with Crippen LogP contribution in [0.5, 0.6) is 0 Å². The molecule has 0 N–H and O–H groups in total. The second-order valence-electron chi connectivity index (χ2n) is 17.0. The molecular weight excluding hydrogens is 905 g/mol. The lowest BCUT2D eigenvalue weighted by Gasteiger charge is -2.30. The van der Waals surface area contributed by atoms with Gasteiger partial charge in [-0.1, -0.05) is 121 Å². The number of sulfone groups is 2. The van der Waals surface area contributed by atoms with Gasteiger partial charge in [0.15, 0.2) is 0 Å². The van der Waals surface area contributed by atoms with Gasteiger partial charge in [-0.15, -0.1) is 0 Å². The van der Waals surface area contributed by atoms with Crippen LogP contribution in [0.4, 0.5) is 34.1 Å². The molecule has 336 valence electrons. The molecule has 0 bridgehead atoms. The standard InChI is InChI=1S/C60H40N4O4S2/c65-69(66,47-17-3-1-4-18-47)49-31-27-43(28-32-49)63(45-35-41-15-7-13-25-57(41)61-39-45)59-37-55-52-22-10-12-24-54(52)60(38-56(55)51-21-9-11-23-53(51)59)64(46-36-42-16-8-14-26-58(42)62-40-46)44-29-33-50(34-30-44)70(67,68)48-19-5-2-6-20-48/h1-40H. The third-order valence-corrected chi connectivity index (χ3v) is 16.5. The number of aromatic nitrogens is 2. The fourth-order valence-corrected chi connectivity index (χ4v) is 12.1. The molecule has 0 spiro atoms. The van der Waals surface area contributed by atoms with Crippen molar-refractivity contribution in [3.63, 3.8) is 0 Å². The second kappa shape index (κ2) is 17.1. The average molecular weight is 945 g/mol. The summed E-state index contributed by atoms with van der Waals surface area (Å²) < 4.78 is 55.3. The number of fused-ring (bicyclic) bond motifs is 7. The van der Waals surface area contributed by atoms with Gasteiger partial charge < -0.3 is 9.80 Å². The Morgan fingerprint density at radius 2 is 0.614 bits per heavy atom. The minimum absolute atomic E-state index is 0.194. The molecule has 10 aromatic carbocycles. The molecule has 0 aliphatic carbocycles. The second-order valence-corrected chi connectivity index (χ2v) is 20.9. The molecule has 12 rings (SSSR count). The highest BCUT2D eigenvalue weighted by atomic mass is 32.2. The Kier molecular flexibility index (Phi) is 10.4. The van der Waals surface area contributed by atoms with E-state index in [1.54, 1.807) is 84.9 Å². The normalized spacial score (nSPS) is 11.9. The van der Waals surface area contributed by atoms with E-state index in [9.17, 15) is 16.8 Å². The van der Waals surface area contributed by atoms with Crippen molar-refractivity contribution < 1.29 is 16.8 Å². The molecular formula is C60H40N4O4S2. The molecule has 0 aliphatic heterocycles. The number of rotatable bonds is 10. The molecule has 2 aromatic heterocycles. The van der Waals surface area contributed by atoms with Crippen molar-refractivity contribution in [2.45, 2.75) is 19.6 Å². The maximum atomic E-state index is 13.8. The van der Waals surface area contributed by atoms with Crippen molar-refractivity contribution >= 4 is 108 Å². The van der Waals surface area contributed by atoms with E-state index in [-0.39, 0.29) is 19.6 Å². The van der Waals surface area contributed by atoms with Crippen LogP contribution in [0.1, 0.15) is 0 Å².